The molecule has 13 heavy (non-hydrogen) atoms. The van der Waals surface area contributed by atoms with Gasteiger partial charge in [-0.3, -0.25) is 5.41 Å². The van der Waals surface area contributed by atoms with Gasteiger partial charge in [-0.05, 0) is 0 Å². The summed E-state index contributed by atoms with van der Waals surface area (Å²) in [6.45, 7) is 0.456. The lowest BCUT2D eigenvalue weighted by atomic mass is 10.3. The van der Waals surface area contributed by atoms with E-state index in [0.717, 1.165) is 0 Å². The molecule has 1 atom stereocenters. The van der Waals surface area contributed by atoms with Crippen molar-refractivity contribution in [3.8, 4) is 0 Å². The average molecular weight is 245 g/mol. The molecule has 1 aliphatic heterocycles. The fraction of sp³-hybridized carbons (Fsp3) is 0.571. The molecule has 1 heterocycles. The van der Waals surface area contributed by atoms with E-state index in [0.29, 0.717) is 13.0 Å². The van der Waals surface area contributed by atoms with Crippen LogP contribution in [0.25, 0.3) is 0 Å². The molecule has 74 valence electrons. The summed E-state index contributed by atoms with van der Waals surface area (Å²) in [7, 11) is 0. The first kappa shape index (κ1) is 11.1. The maximum atomic E-state index is 7.25. The van der Waals surface area contributed by atoms with Crippen molar-refractivity contribution in [1.29, 1.82) is 5.41 Å². The molecule has 0 fully saturated rings. The van der Waals surface area contributed by atoms with Crippen LogP contribution < -0.4 is 0 Å². The quantitative estimate of drug-likeness (QED) is 0.333. The molecule has 1 aliphatic rings. The molecule has 0 saturated carbocycles. The second kappa shape index (κ2) is 4.51. The van der Waals surface area contributed by atoms with Crippen LogP contribution >= 0.6 is 34.8 Å². The lowest BCUT2D eigenvalue weighted by molar-refractivity contribution is -0.0821. The molecule has 0 amide bonds. The zero-order valence-electron chi connectivity index (χ0n) is 6.60. The monoisotopic (exact) mass is 243 g/mol. The molecule has 6 heteroatoms. The van der Waals surface area contributed by atoms with E-state index in [2.05, 4.69) is 0 Å². The van der Waals surface area contributed by atoms with Crippen LogP contribution in [0.15, 0.2) is 12.2 Å². The Kier molecular flexibility index (Phi) is 3.86. The molecule has 3 nitrogen and oxygen atoms in total. The lowest BCUT2D eigenvalue weighted by Gasteiger charge is -2.22. The second-order valence-electron chi connectivity index (χ2n) is 2.41. The average Bonchev–Trinajstić information content (AvgIpc) is 2.04. The highest BCUT2D eigenvalue weighted by Gasteiger charge is 2.31. The molecule has 0 bridgehead atoms. The summed E-state index contributed by atoms with van der Waals surface area (Å²) in [4.78, 5) is 0. The van der Waals surface area contributed by atoms with Gasteiger partial charge in [-0.25, -0.2) is 0 Å². The number of hydrogen-bond acceptors (Lipinski definition) is 3. The predicted octanol–water partition coefficient (Wildman–Crippen LogP) is 2.65. The Morgan fingerprint density at radius 3 is 2.62 bits per heavy atom. The zero-order chi connectivity index (χ0) is 9.90. The smallest absolute Gasteiger partial charge is 0.265 e. The van der Waals surface area contributed by atoms with E-state index in [4.69, 9.17) is 49.7 Å². The zero-order valence-corrected chi connectivity index (χ0v) is 8.86. The van der Waals surface area contributed by atoms with Gasteiger partial charge in [0.25, 0.3) is 3.79 Å². The Bertz CT molecular complexity index is 224. The largest absolute Gasteiger partial charge is 0.448 e. The summed E-state index contributed by atoms with van der Waals surface area (Å²) >= 11 is 16.2. The van der Waals surface area contributed by atoms with Gasteiger partial charge in [0.2, 0.25) is 12.2 Å². The highest BCUT2D eigenvalue weighted by molar-refractivity contribution is 6.76. The maximum Gasteiger partial charge on any atom is 0.265 e. The van der Waals surface area contributed by atoms with Crippen LogP contribution in [0.3, 0.4) is 0 Å². The van der Waals surface area contributed by atoms with Gasteiger partial charge in [0.15, 0.2) is 0 Å². The van der Waals surface area contributed by atoms with Crippen molar-refractivity contribution in [2.24, 2.45) is 0 Å². The first-order chi connectivity index (χ1) is 6.00. The van der Waals surface area contributed by atoms with E-state index >= 15 is 0 Å². The van der Waals surface area contributed by atoms with Crippen LogP contribution in [0.5, 0.6) is 0 Å². The molecule has 0 spiro atoms. The summed E-state index contributed by atoms with van der Waals surface area (Å²) in [6.07, 6.45) is 3.79. The number of ether oxygens (including phenoxy) is 2. The summed E-state index contributed by atoms with van der Waals surface area (Å²) in [5, 5.41) is 7.25. The molecule has 0 saturated heterocycles. The predicted molar refractivity (Wildman–Crippen MR) is 52.6 cm³/mol. The van der Waals surface area contributed by atoms with E-state index in [1.807, 2.05) is 12.2 Å². The van der Waals surface area contributed by atoms with Gasteiger partial charge in [0, 0.05) is 6.42 Å². The fourth-order valence-corrected chi connectivity index (χ4v) is 0.920. The SMILES string of the molecule is N=C(OC1CC=CCO1)C(Cl)(Cl)Cl. The molecule has 0 aromatic heterocycles. The minimum Gasteiger partial charge on any atom is -0.448 e. The van der Waals surface area contributed by atoms with E-state index < -0.39 is 16.0 Å². The topological polar surface area (TPSA) is 42.3 Å². The van der Waals surface area contributed by atoms with E-state index in [1.165, 1.54) is 0 Å². The molecule has 0 aromatic rings. The Balaban J connectivity index is 2.40. The molecule has 1 N–H and O–H groups in total. The minimum absolute atomic E-state index is 0.419. The molecule has 1 rings (SSSR count). The first-order valence-corrected chi connectivity index (χ1v) is 4.72. The van der Waals surface area contributed by atoms with Gasteiger partial charge < -0.3 is 9.47 Å². The molecule has 1 unspecified atom stereocenters. The third-order valence-electron chi connectivity index (χ3n) is 1.38. The van der Waals surface area contributed by atoms with E-state index in [-0.39, 0.29) is 0 Å². The van der Waals surface area contributed by atoms with Crippen LogP contribution in [0, 0.1) is 5.41 Å². The molecular formula is C7H8Cl3NO2. The maximum absolute atomic E-state index is 7.25. The first-order valence-electron chi connectivity index (χ1n) is 3.59. The van der Waals surface area contributed by atoms with Crippen molar-refractivity contribution in [1.82, 2.24) is 0 Å². The van der Waals surface area contributed by atoms with Gasteiger partial charge in [-0.2, -0.15) is 0 Å². The molecule has 0 aromatic carbocycles. The Labute approximate surface area is 91.1 Å². The molecule has 0 radical (unpaired) electrons. The van der Waals surface area contributed by atoms with Crippen molar-refractivity contribution in [3.05, 3.63) is 12.2 Å². The molecular weight excluding hydrogens is 236 g/mol. The highest BCUT2D eigenvalue weighted by atomic mass is 35.6. The number of nitrogens with one attached hydrogen (secondary N) is 1. The van der Waals surface area contributed by atoms with Crippen LogP contribution in [0.4, 0.5) is 0 Å². The van der Waals surface area contributed by atoms with E-state index in [1.54, 1.807) is 0 Å². The van der Waals surface area contributed by atoms with Gasteiger partial charge in [-0.1, -0.05) is 47.0 Å². The highest BCUT2D eigenvalue weighted by Crippen LogP contribution is 2.28. The normalized spacial score (nSPS) is 22.8. The van der Waals surface area contributed by atoms with Crippen LogP contribution in [-0.4, -0.2) is 22.6 Å². The van der Waals surface area contributed by atoms with Gasteiger partial charge >= 0.3 is 0 Å². The van der Waals surface area contributed by atoms with Crippen molar-refractivity contribution in [2.45, 2.75) is 16.5 Å². The van der Waals surface area contributed by atoms with E-state index in [9.17, 15) is 0 Å². The van der Waals surface area contributed by atoms with Crippen LogP contribution in [0.2, 0.25) is 0 Å². The Morgan fingerprint density at radius 2 is 2.15 bits per heavy atom. The second-order valence-corrected chi connectivity index (χ2v) is 4.70. The number of hydrogen-bond donors (Lipinski definition) is 1. The summed E-state index contributed by atoms with van der Waals surface area (Å²) in [5.41, 5.74) is 0. The Morgan fingerprint density at radius 1 is 1.46 bits per heavy atom. The van der Waals surface area contributed by atoms with Gasteiger partial charge in [0.1, 0.15) is 0 Å². The van der Waals surface area contributed by atoms with Crippen LogP contribution in [-0.2, 0) is 9.47 Å². The van der Waals surface area contributed by atoms with Crippen molar-refractivity contribution in [3.63, 3.8) is 0 Å². The minimum atomic E-state index is -1.81. The number of alkyl halides is 3. The fourth-order valence-electron chi connectivity index (χ4n) is 0.787. The van der Waals surface area contributed by atoms with Crippen molar-refractivity contribution < 1.29 is 9.47 Å². The summed E-state index contributed by atoms with van der Waals surface area (Å²) in [5.74, 6) is -0.419. The number of halogens is 3. The Hall–Kier alpha value is 0.0400. The van der Waals surface area contributed by atoms with Crippen LogP contribution in [0.1, 0.15) is 6.42 Å². The van der Waals surface area contributed by atoms with Crippen molar-refractivity contribution in [2.75, 3.05) is 6.61 Å². The lowest BCUT2D eigenvalue weighted by Crippen LogP contribution is -2.29. The summed E-state index contributed by atoms with van der Waals surface area (Å²) in [6, 6.07) is 0. The summed E-state index contributed by atoms with van der Waals surface area (Å²) < 4.78 is 8.27. The third-order valence-corrected chi connectivity index (χ3v) is 1.90. The molecule has 0 aliphatic carbocycles. The van der Waals surface area contributed by atoms with Crippen molar-refractivity contribution >= 4 is 40.7 Å². The van der Waals surface area contributed by atoms with Gasteiger partial charge in [0.05, 0.1) is 6.61 Å². The standard InChI is InChI=1S/C7H8Cl3NO2/c8-7(9,10)6(11)13-5-3-1-2-4-12-5/h1-2,5,11H,3-4H2. The van der Waals surface area contributed by atoms with Gasteiger partial charge in [-0.15, -0.1) is 0 Å². The number of rotatable bonds is 1. The third kappa shape index (κ3) is 3.73.